The molecule has 0 aliphatic carbocycles. The van der Waals surface area contributed by atoms with Gasteiger partial charge in [0, 0.05) is 36.8 Å². The lowest BCUT2D eigenvalue weighted by Crippen LogP contribution is -2.48. The zero-order valence-corrected chi connectivity index (χ0v) is 17.3. The van der Waals surface area contributed by atoms with Gasteiger partial charge < -0.3 is 14.1 Å². The molecule has 1 aromatic carbocycles. The van der Waals surface area contributed by atoms with Gasteiger partial charge in [-0.15, -0.1) is 0 Å². The van der Waals surface area contributed by atoms with Crippen molar-refractivity contribution in [3.63, 3.8) is 0 Å². The van der Waals surface area contributed by atoms with Crippen LogP contribution >= 0.6 is 11.6 Å². The monoisotopic (exact) mass is 436 g/mol. The summed E-state index contributed by atoms with van der Waals surface area (Å²) in [6.45, 7) is 2.67. The van der Waals surface area contributed by atoms with Crippen molar-refractivity contribution in [1.29, 1.82) is 5.26 Å². The van der Waals surface area contributed by atoms with Crippen molar-refractivity contribution in [2.45, 2.75) is 18.1 Å². The van der Waals surface area contributed by atoms with Crippen molar-refractivity contribution in [3.8, 4) is 17.5 Å². The van der Waals surface area contributed by atoms with Gasteiger partial charge in [-0.05, 0) is 37.1 Å². The maximum atomic E-state index is 12.9. The van der Waals surface area contributed by atoms with Crippen LogP contribution in [0.15, 0.2) is 28.7 Å². The van der Waals surface area contributed by atoms with Crippen LogP contribution in [0.2, 0.25) is 5.02 Å². The fraction of sp³-hybridized carbons (Fsp3) is 0.474. The number of hydrogen-bond acceptors (Lipinski definition) is 7. The predicted molar refractivity (Wildman–Crippen MR) is 108 cm³/mol. The Hall–Kier alpha value is -2.12. The third kappa shape index (κ3) is 4.12. The van der Waals surface area contributed by atoms with Gasteiger partial charge in [-0.25, -0.2) is 8.42 Å². The molecule has 2 fully saturated rings. The second-order valence-electron chi connectivity index (χ2n) is 7.03. The summed E-state index contributed by atoms with van der Waals surface area (Å²) in [5.74, 6) is 0.732. The molecular formula is C19H21ClN4O4S. The number of anilines is 1. The Morgan fingerprint density at radius 1 is 1.10 bits per heavy atom. The lowest BCUT2D eigenvalue weighted by molar-refractivity contribution is 0.0724. The van der Waals surface area contributed by atoms with Crippen LogP contribution in [0.1, 0.15) is 18.5 Å². The lowest BCUT2D eigenvalue weighted by atomic mass is 10.1. The normalized spacial score (nSPS) is 19.2. The van der Waals surface area contributed by atoms with Crippen LogP contribution in [0.4, 0.5) is 5.88 Å². The fourth-order valence-electron chi connectivity index (χ4n) is 3.68. The summed E-state index contributed by atoms with van der Waals surface area (Å²) < 4.78 is 38.4. The van der Waals surface area contributed by atoms with Crippen molar-refractivity contribution in [2.24, 2.45) is 0 Å². The Balaban J connectivity index is 1.48. The molecule has 0 amide bonds. The van der Waals surface area contributed by atoms with Crippen LogP contribution in [0, 0.1) is 11.3 Å². The van der Waals surface area contributed by atoms with Crippen molar-refractivity contribution in [1.82, 2.24) is 9.29 Å². The van der Waals surface area contributed by atoms with Gasteiger partial charge in [0.25, 0.3) is 0 Å². The Morgan fingerprint density at radius 2 is 1.76 bits per heavy atom. The number of piperidine rings is 1. The van der Waals surface area contributed by atoms with E-state index in [0.717, 1.165) is 5.56 Å². The third-order valence-electron chi connectivity index (χ3n) is 5.29. The Kier molecular flexibility index (Phi) is 5.79. The molecule has 29 heavy (non-hydrogen) atoms. The Bertz CT molecular complexity index is 1000. The smallest absolute Gasteiger partial charge is 0.235 e. The average Bonchev–Trinajstić information content (AvgIpc) is 3.19. The minimum Gasteiger partial charge on any atom is -0.419 e. The number of ether oxygens (including phenoxy) is 1. The summed E-state index contributed by atoms with van der Waals surface area (Å²) in [5, 5.41) is 9.64. The molecule has 2 aliphatic rings. The summed E-state index contributed by atoms with van der Waals surface area (Å²) in [6, 6.07) is 9.09. The van der Waals surface area contributed by atoms with E-state index in [2.05, 4.69) is 11.1 Å². The van der Waals surface area contributed by atoms with Gasteiger partial charge in [0.05, 0.1) is 18.5 Å². The highest BCUT2D eigenvalue weighted by Crippen LogP contribution is 2.32. The van der Waals surface area contributed by atoms with Crippen LogP contribution in [0.25, 0.3) is 11.5 Å². The first-order valence-electron chi connectivity index (χ1n) is 9.47. The quantitative estimate of drug-likeness (QED) is 0.725. The zero-order chi connectivity index (χ0) is 20.4. The van der Waals surface area contributed by atoms with Gasteiger partial charge in [-0.3, -0.25) is 0 Å². The SMILES string of the molecule is N#Cc1nc(-c2ccc(Cl)cc2)oc1N1CCC(S(=O)(=O)N2CCOCC2)CC1. The van der Waals surface area contributed by atoms with Crippen molar-refractivity contribution < 1.29 is 17.6 Å². The zero-order valence-electron chi connectivity index (χ0n) is 15.8. The molecular weight excluding hydrogens is 416 g/mol. The number of rotatable bonds is 4. The highest BCUT2D eigenvalue weighted by molar-refractivity contribution is 7.89. The molecule has 1 aromatic heterocycles. The van der Waals surface area contributed by atoms with E-state index in [1.54, 1.807) is 24.3 Å². The highest BCUT2D eigenvalue weighted by Gasteiger charge is 2.36. The lowest BCUT2D eigenvalue weighted by Gasteiger charge is -2.35. The van der Waals surface area contributed by atoms with Gasteiger partial charge in [0.15, 0.2) is 0 Å². The van der Waals surface area contributed by atoms with E-state index >= 15 is 0 Å². The standard InChI is InChI=1S/C19H21ClN4O4S/c20-15-3-1-14(2-4-15)18-22-17(13-21)19(28-18)23-7-5-16(6-8-23)29(25,26)24-9-11-27-12-10-24/h1-4,16H,5-12H2. The van der Waals surface area contributed by atoms with E-state index in [1.165, 1.54) is 4.31 Å². The first-order chi connectivity index (χ1) is 14.0. The molecule has 0 atom stereocenters. The van der Waals surface area contributed by atoms with Gasteiger partial charge in [-0.2, -0.15) is 14.6 Å². The maximum Gasteiger partial charge on any atom is 0.235 e. The van der Waals surface area contributed by atoms with Gasteiger partial charge >= 0.3 is 0 Å². The molecule has 0 unspecified atom stereocenters. The van der Waals surface area contributed by atoms with E-state index in [1.807, 2.05) is 4.90 Å². The van der Waals surface area contributed by atoms with E-state index in [-0.39, 0.29) is 5.69 Å². The molecule has 0 spiro atoms. The minimum absolute atomic E-state index is 0.199. The average molecular weight is 437 g/mol. The minimum atomic E-state index is -3.35. The summed E-state index contributed by atoms with van der Waals surface area (Å²) in [7, 11) is -3.35. The second kappa shape index (κ2) is 8.32. The number of benzene rings is 1. The van der Waals surface area contributed by atoms with Crippen LogP contribution in [-0.2, 0) is 14.8 Å². The van der Waals surface area contributed by atoms with E-state index in [4.69, 9.17) is 20.8 Å². The topological polar surface area (TPSA) is 99.7 Å². The molecule has 0 bridgehead atoms. The molecule has 2 saturated heterocycles. The van der Waals surface area contributed by atoms with Crippen molar-refractivity contribution in [3.05, 3.63) is 35.0 Å². The number of oxazole rings is 1. The number of nitrogens with zero attached hydrogens (tertiary/aromatic N) is 4. The molecule has 0 radical (unpaired) electrons. The molecule has 0 N–H and O–H groups in total. The summed E-state index contributed by atoms with van der Waals surface area (Å²) >= 11 is 5.92. The summed E-state index contributed by atoms with van der Waals surface area (Å²) in [5.41, 5.74) is 0.923. The Morgan fingerprint density at radius 3 is 2.38 bits per heavy atom. The van der Waals surface area contributed by atoms with E-state index in [0.29, 0.717) is 69.0 Å². The predicted octanol–water partition coefficient (Wildman–Crippen LogP) is 2.50. The van der Waals surface area contributed by atoms with Crippen LogP contribution in [-0.4, -0.2) is 62.3 Å². The van der Waals surface area contributed by atoms with Crippen molar-refractivity contribution >= 4 is 27.5 Å². The first-order valence-corrected chi connectivity index (χ1v) is 11.4. The van der Waals surface area contributed by atoms with Gasteiger partial charge in [-0.1, -0.05) is 11.6 Å². The molecule has 0 saturated carbocycles. The van der Waals surface area contributed by atoms with Gasteiger partial charge in [0.2, 0.25) is 27.5 Å². The number of morpholine rings is 1. The molecule has 2 aliphatic heterocycles. The number of hydrogen-bond donors (Lipinski definition) is 0. The molecule has 4 rings (SSSR count). The summed E-state index contributed by atoms with van der Waals surface area (Å²) in [6.07, 6.45) is 0.947. The first kappa shape index (κ1) is 20.2. The summed E-state index contributed by atoms with van der Waals surface area (Å²) in [4.78, 5) is 6.19. The fourth-order valence-corrected chi connectivity index (χ4v) is 5.70. The van der Waals surface area contributed by atoms with Crippen LogP contribution in [0.5, 0.6) is 0 Å². The highest BCUT2D eigenvalue weighted by atomic mass is 35.5. The van der Waals surface area contributed by atoms with E-state index < -0.39 is 15.3 Å². The second-order valence-corrected chi connectivity index (χ2v) is 9.68. The molecule has 10 heteroatoms. The number of halogens is 1. The van der Waals surface area contributed by atoms with E-state index in [9.17, 15) is 13.7 Å². The maximum absolute atomic E-state index is 12.9. The number of sulfonamides is 1. The number of aromatic nitrogens is 1. The third-order valence-corrected chi connectivity index (χ3v) is 7.94. The largest absolute Gasteiger partial charge is 0.419 e. The molecule has 2 aromatic rings. The molecule has 8 nitrogen and oxygen atoms in total. The number of nitriles is 1. The van der Waals surface area contributed by atoms with Crippen molar-refractivity contribution in [2.75, 3.05) is 44.3 Å². The van der Waals surface area contributed by atoms with Gasteiger partial charge in [0.1, 0.15) is 6.07 Å². The Labute approximate surface area is 174 Å². The molecule has 154 valence electrons. The van der Waals surface area contributed by atoms with Crippen LogP contribution in [0.3, 0.4) is 0 Å². The van der Waals surface area contributed by atoms with Crippen LogP contribution < -0.4 is 4.90 Å². The molecule has 3 heterocycles.